The first kappa shape index (κ1) is 33.6. The van der Waals surface area contributed by atoms with Gasteiger partial charge in [-0.1, -0.05) is 20.8 Å². The predicted octanol–water partition coefficient (Wildman–Crippen LogP) is 5.77. The molecule has 0 bridgehead atoms. The Hall–Kier alpha value is -2.29. The second-order valence-electron chi connectivity index (χ2n) is 12.8. The highest BCUT2D eigenvalue weighted by Gasteiger charge is 2.39. The summed E-state index contributed by atoms with van der Waals surface area (Å²) >= 11 is 0. The molecular formula is C30H48N4O7SSi. The van der Waals surface area contributed by atoms with Crippen LogP contribution < -0.4 is 4.43 Å². The van der Waals surface area contributed by atoms with Crippen molar-refractivity contribution in [3.8, 4) is 17.0 Å². The smallest absolute Gasteiger partial charge is 0.264 e. The van der Waals surface area contributed by atoms with Crippen LogP contribution in [0.4, 0.5) is 0 Å². The van der Waals surface area contributed by atoms with Gasteiger partial charge >= 0.3 is 0 Å². The highest BCUT2D eigenvalue weighted by atomic mass is 32.2. The summed E-state index contributed by atoms with van der Waals surface area (Å²) in [4.78, 5) is 0. The number of hydrogen-bond donors (Lipinski definition) is 0. The second-order valence-corrected chi connectivity index (χ2v) is 19.2. The van der Waals surface area contributed by atoms with E-state index in [0.29, 0.717) is 26.4 Å². The lowest BCUT2D eigenvalue weighted by Gasteiger charge is -2.36. The lowest BCUT2D eigenvalue weighted by Crippen LogP contribution is -2.43. The standard InChI is InChI=1S/C30H48N4O7SSi/c1-22(23(2)40-42(6,35)36)38-18-17-37-16-14-33-21-24(20-31-33)29-26-19-25(41-43(7,8)30(3,4)5)12-13-27(26)34(32-29)28-11-9-10-15-39-28/h12-13,19-23,28H,9-11,14-18H2,1-8H3/t22-,23-,28?/m1/s1. The first-order valence-corrected chi connectivity index (χ1v) is 19.8. The van der Waals surface area contributed by atoms with Gasteiger partial charge in [-0.25, -0.2) is 4.68 Å². The van der Waals surface area contributed by atoms with Crippen LogP contribution in [0.1, 0.15) is 60.1 Å². The molecule has 3 aromatic rings. The van der Waals surface area contributed by atoms with E-state index in [1.807, 2.05) is 21.8 Å². The van der Waals surface area contributed by atoms with E-state index in [-0.39, 0.29) is 17.4 Å². The van der Waals surface area contributed by atoms with Crippen LogP contribution in [0.3, 0.4) is 0 Å². The van der Waals surface area contributed by atoms with Gasteiger partial charge in [0.05, 0.1) is 50.4 Å². The van der Waals surface area contributed by atoms with Crippen LogP contribution in [-0.4, -0.2) is 81.2 Å². The molecule has 240 valence electrons. The molecule has 1 unspecified atom stereocenters. The summed E-state index contributed by atoms with van der Waals surface area (Å²) in [5.74, 6) is 0.860. The minimum atomic E-state index is -3.53. The Kier molecular flexibility index (Phi) is 10.8. The number of hydrogen-bond acceptors (Lipinski definition) is 9. The molecule has 1 saturated heterocycles. The summed E-state index contributed by atoms with van der Waals surface area (Å²) in [5, 5.41) is 10.7. The zero-order valence-electron chi connectivity index (χ0n) is 26.8. The van der Waals surface area contributed by atoms with Gasteiger partial charge in [-0.3, -0.25) is 8.86 Å². The third-order valence-corrected chi connectivity index (χ3v) is 13.3. The van der Waals surface area contributed by atoms with Crippen molar-refractivity contribution in [2.45, 2.75) is 97.0 Å². The maximum absolute atomic E-state index is 11.3. The molecule has 0 aliphatic carbocycles. The Bertz CT molecular complexity index is 1460. The van der Waals surface area contributed by atoms with Gasteiger partial charge in [-0.15, -0.1) is 0 Å². The van der Waals surface area contributed by atoms with Crippen molar-refractivity contribution >= 4 is 29.3 Å². The van der Waals surface area contributed by atoms with Crippen molar-refractivity contribution in [1.29, 1.82) is 0 Å². The van der Waals surface area contributed by atoms with Crippen LogP contribution in [0, 0.1) is 0 Å². The number of nitrogens with zero attached hydrogens (tertiary/aromatic N) is 4. The molecule has 0 N–H and O–H groups in total. The fourth-order valence-corrected chi connectivity index (χ4v) is 6.36. The normalized spacial score (nSPS) is 18.2. The second kappa shape index (κ2) is 13.8. The molecule has 1 aliphatic heterocycles. The van der Waals surface area contributed by atoms with Crippen molar-refractivity contribution in [3.63, 3.8) is 0 Å². The van der Waals surface area contributed by atoms with Crippen molar-refractivity contribution in [2.24, 2.45) is 0 Å². The van der Waals surface area contributed by atoms with Gasteiger partial charge in [0.1, 0.15) is 17.5 Å². The van der Waals surface area contributed by atoms with Crippen molar-refractivity contribution in [1.82, 2.24) is 19.6 Å². The van der Waals surface area contributed by atoms with Crippen LogP contribution in [0.2, 0.25) is 18.1 Å². The number of benzene rings is 1. The molecule has 1 fully saturated rings. The molecular weight excluding hydrogens is 589 g/mol. The summed E-state index contributed by atoms with van der Waals surface area (Å²) in [6.45, 7) is 17.1. The zero-order valence-corrected chi connectivity index (χ0v) is 28.6. The molecule has 3 atom stereocenters. The van der Waals surface area contributed by atoms with Crippen molar-refractivity contribution < 1.29 is 31.2 Å². The Morgan fingerprint density at radius 3 is 2.56 bits per heavy atom. The largest absolute Gasteiger partial charge is 0.543 e. The molecule has 13 heteroatoms. The maximum atomic E-state index is 11.3. The van der Waals surface area contributed by atoms with Gasteiger partial charge in [0, 0.05) is 23.8 Å². The molecule has 43 heavy (non-hydrogen) atoms. The quantitative estimate of drug-likeness (QED) is 0.124. The van der Waals surface area contributed by atoms with Gasteiger partial charge in [0.25, 0.3) is 10.1 Å². The van der Waals surface area contributed by atoms with Gasteiger partial charge < -0.3 is 18.6 Å². The Morgan fingerprint density at radius 1 is 1.12 bits per heavy atom. The van der Waals surface area contributed by atoms with E-state index in [1.54, 1.807) is 13.8 Å². The molecule has 2 aromatic heterocycles. The van der Waals surface area contributed by atoms with Crippen LogP contribution in [0.25, 0.3) is 22.2 Å². The summed E-state index contributed by atoms with van der Waals surface area (Å²) in [5.41, 5.74) is 2.79. The average Bonchev–Trinajstić information content (AvgIpc) is 3.53. The molecule has 0 radical (unpaired) electrons. The lowest BCUT2D eigenvalue weighted by atomic mass is 10.1. The number of rotatable bonds is 14. The lowest BCUT2D eigenvalue weighted by molar-refractivity contribution is -0.0365. The summed E-state index contributed by atoms with van der Waals surface area (Å²) in [6.07, 6.45) is 6.93. The van der Waals surface area contributed by atoms with E-state index in [4.69, 9.17) is 27.9 Å². The van der Waals surface area contributed by atoms with Crippen molar-refractivity contribution in [3.05, 3.63) is 30.6 Å². The highest BCUT2D eigenvalue weighted by molar-refractivity contribution is 7.86. The van der Waals surface area contributed by atoms with Crippen LogP contribution in [-0.2, 0) is 35.1 Å². The summed E-state index contributed by atoms with van der Waals surface area (Å²) in [6, 6.07) is 6.26. The first-order valence-electron chi connectivity index (χ1n) is 15.1. The molecule has 3 heterocycles. The van der Waals surface area contributed by atoms with Gasteiger partial charge in [-0.05, 0) is 69.4 Å². The molecule has 4 rings (SSSR count). The number of ether oxygens (including phenoxy) is 3. The number of fused-ring (bicyclic) bond motifs is 1. The third-order valence-electron chi connectivity index (χ3n) is 8.25. The van der Waals surface area contributed by atoms with E-state index in [9.17, 15) is 8.42 Å². The average molecular weight is 637 g/mol. The van der Waals surface area contributed by atoms with Crippen molar-refractivity contribution in [2.75, 3.05) is 32.7 Å². The molecule has 0 spiro atoms. The monoisotopic (exact) mass is 636 g/mol. The molecule has 1 aromatic carbocycles. The molecule has 0 amide bonds. The number of aromatic nitrogens is 4. The molecule has 11 nitrogen and oxygen atoms in total. The Labute approximate surface area is 257 Å². The summed E-state index contributed by atoms with van der Waals surface area (Å²) < 4.78 is 55.6. The minimum absolute atomic E-state index is 0.0869. The van der Waals surface area contributed by atoms with Gasteiger partial charge in [-0.2, -0.15) is 18.6 Å². The van der Waals surface area contributed by atoms with Gasteiger partial charge in [0.2, 0.25) is 8.32 Å². The van der Waals surface area contributed by atoms with E-state index < -0.39 is 24.5 Å². The zero-order chi connectivity index (χ0) is 31.4. The SMILES string of the molecule is C[C@@H](OCCOCCn1cc(-c2nn(C3CCCCO3)c3ccc(O[Si](C)(C)C(C)(C)C)cc23)cn1)[C@@H](C)OS(C)(=O)=O. The minimum Gasteiger partial charge on any atom is -0.543 e. The topological polar surface area (TPSA) is 116 Å². The molecule has 0 saturated carbocycles. The fourth-order valence-electron chi connectivity index (χ4n) is 4.63. The van der Waals surface area contributed by atoms with Crippen LogP contribution in [0.15, 0.2) is 30.6 Å². The molecule has 1 aliphatic rings. The van der Waals surface area contributed by atoms with Gasteiger partial charge in [0.15, 0.2) is 6.23 Å². The fraction of sp³-hybridized carbons (Fsp3) is 0.667. The van der Waals surface area contributed by atoms with E-state index in [0.717, 1.165) is 60.0 Å². The van der Waals surface area contributed by atoms with Crippen LogP contribution in [0.5, 0.6) is 5.75 Å². The van der Waals surface area contributed by atoms with Crippen LogP contribution >= 0.6 is 0 Å². The predicted molar refractivity (Wildman–Crippen MR) is 169 cm³/mol. The first-order chi connectivity index (χ1) is 20.1. The highest BCUT2D eigenvalue weighted by Crippen LogP contribution is 2.39. The van der Waals surface area contributed by atoms with E-state index in [1.165, 1.54) is 0 Å². The Balaban J connectivity index is 1.43. The maximum Gasteiger partial charge on any atom is 0.264 e. The van der Waals surface area contributed by atoms with E-state index >= 15 is 0 Å². The Morgan fingerprint density at radius 2 is 1.88 bits per heavy atom. The van der Waals surface area contributed by atoms with E-state index in [2.05, 4.69) is 57.2 Å². The third kappa shape index (κ3) is 8.89. The summed E-state index contributed by atoms with van der Waals surface area (Å²) in [7, 11) is -5.55.